The number of nitrogens with zero attached hydrogens (tertiary/aromatic N) is 2. The number of piperazine rings is 1. The summed E-state index contributed by atoms with van der Waals surface area (Å²) in [7, 11) is 0. The quantitative estimate of drug-likeness (QED) is 0.715. The molecule has 2 atom stereocenters. The van der Waals surface area contributed by atoms with E-state index >= 15 is 0 Å². The molecule has 6 rings (SSSR count). The Morgan fingerprint density at radius 3 is 2.61 bits per heavy atom. The lowest BCUT2D eigenvalue weighted by molar-refractivity contribution is -0.162. The van der Waals surface area contributed by atoms with Crippen LogP contribution in [0.25, 0.3) is 10.9 Å². The van der Waals surface area contributed by atoms with Crippen molar-refractivity contribution >= 4 is 22.7 Å². The van der Waals surface area contributed by atoms with Crippen molar-refractivity contribution in [2.75, 3.05) is 13.1 Å². The average Bonchev–Trinajstić information content (AvgIpc) is 3.28. The van der Waals surface area contributed by atoms with Crippen molar-refractivity contribution in [3.8, 4) is 0 Å². The fourth-order valence-electron chi connectivity index (χ4n) is 5.55. The normalized spacial score (nSPS) is 26.4. The van der Waals surface area contributed by atoms with Crippen LogP contribution in [-0.2, 0) is 21.5 Å². The number of amides is 2. The second kappa shape index (κ2) is 5.47. The molecule has 0 spiro atoms. The van der Waals surface area contributed by atoms with E-state index in [0.717, 1.165) is 23.2 Å². The highest BCUT2D eigenvalue weighted by Crippen LogP contribution is 2.49. The highest BCUT2D eigenvalue weighted by atomic mass is 16.2. The zero-order chi connectivity index (χ0) is 18.9. The van der Waals surface area contributed by atoms with Crippen LogP contribution in [0.4, 0.5) is 0 Å². The van der Waals surface area contributed by atoms with E-state index in [-0.39, 0.29) is 17.9 Å². The summed E-state index contributed by atoms with van der Waals surface area (Å²) in [6.07, 6.45) is 1.85. The van der Waals surface area contributed by atoms with E-state index in [4.69, 9.17) is 0 Å². The molecule has 2 fully saturated rings. The van der Waals surface area contributed by atoms with Gasteiger partial charge in [-0.05, 0) is 30.0 Å². The third kappa shape index (κ3) is 1.86. The number of H-pyrrole nitrogens is 1. The monoisotopic (exact) mass is 371 g/mol. The van der Waals surface area contributed by atoms with Gasteiger partial charge in [-0.15, -0.1) is 0 Å². The van der Waals surface area contributed by atoms with E-state index in [0.29, 0.717) is 25.9 Å². The highest BCUT2D eigenvalue weighted by Gasteiger charge is 2.59. The molecular weight excluding hydrogens is 350 g/mol. The Labute approximate surface area is 162 Å². The molecule has 0 bridgehead atoms. The molecule has 28 heavy (non-hydrogen) atoms. The molecular formula is C23H21N3O2. The molecule has 3 aliphatic rings. The Bertz CT molecular complexity index is 1120. The molecule has 2 amide bonds. The fraction of sp³-hybridized carbons (Fsp3) is 0.304. The molecule has 3 aliphatic heterocycles. The van der Waals surface area contributed by atoms with Gasteiger partial charge in [-0.1, -0.05) is 48.5 Å². The maximum absolute atomic E-state index is 13.9. The van der Waals surface area contributed by atoms with Crippen molar-refractivity contribution in [1.29, 1.82) is 0 Å². The lowest BCUT2D eigenvalue weighted by Crippen LogP contribution is -2.64. The first-order chi connectivity index (χ1) is 13.7. The molecule has 5 nitrogen and oxygen atoms in total. The summed E-state index contributed by atoms with van der Waals surface area (Å²) in [4.78, 5) is 34.1. The van der Waals surface area contributed by atoms with E-state index in [1.54, 1.807) is 0 Å². The molecule has 4 heterocycles. The number of carbonyl (C=O) groups excluding carboxylic acids is 2. The lowest BCUT2D eigenvalue weighted by atomic mass is 9.81. The predicted molar refractivity (Wildman–Crippen MR) is 106 cm³/mol. The van der Waals surface area contributed by atoms with Crippen LogP contribution in [-0.4, -0.2) is 39.7 Å². The maximum atomic E-state index is 13.9. The van der Waals surface area contributed by atoms with Gasteiger partial charge in [0.25, 0.3) is 5.91 Å². The van der Waals surface area contributed by atoms with Crippen LogP contribution in [0.15, 0.2) is 54.6 Å². The number of aromatic amines is 1. The molecule has 2 unspecified atom stereocenters. The van der Waals surface area contributed by atoms with Gasteiger partial charge < -0.3 is 14.8 Å². The number of hydrogen-bond acceptors (Lipinski definition) is 2. The Morgan fingerprint density at radius 2 is 1.75 bits per heavy atom. The molecule has 5 heteroatoms. The van der Waals surface area contributed by atoms with Crippen LogP contribution in [0.1, 0.15) is 35.7 Å². The largest absolute Gasteiger partial charge is 0.356 e. The van der Waals surface area contributed by atoms with E-state index in [1.165, 1.54) is 10.9 Å². The molecule has 2 saturated heterocycles. The smallest absolute Gasteiger partial charge is 0.253 e. The topological polar surface area (TPSA) is 56.4 Å². The van der Waals surface area contributed by atoms with Crippen LogP contribution >= 0.6 is 0 Å². The van der Waals surface area contributed by atoms with Crippen LogP contribution in [0.3, 0.4) is 0 Å². The number of benzene rings is 2. The van der Waals surface area contributed by atoms with E-state index in [1.807, 2.05) is 46.2 Å². The van der Waals surface area contributed by atoms with Crippen molar-refractivity contribution in [3.05, 3.63) is 71.4 Å². The molecule has 1 N–H and O–H groups in total. The van der Waals surface area contributed by atoms with E-state index in [2.05, 4.69) is 23.2 Å². The molecule has 0 aliphatic carbocycles. The Hall–Kier alpha value is -3.08. The lowest BCUT2D eigenvalue weighted by Gasteiger charge is -2.51. The number of aromatic nitrogens is 1. The first-order valence-electron chi connectivity index (χ1n) is 9.97. The molecule has 1 aromatic heterocycles. The standard InChI is InChI=1S/C23H21N3O2/c27-20-10-12-23(15-6-2-1-3-7-15)22(28)25-13-11-17-16-8-4-5-9-18(16)24-21(17)19(25)14-26(20)23/h1-9,19,24H,10-14H2. The van der Waals surface area contributed by atoms with Crippen LogP contribution < -0.4 is 0 Å². The van der Waals surface area contributed by atoms with Gasteiger partial charge in [0, 0.05) is 36.1 Å². The van der Waals surface area contributed by atoms with Crippen LogP contribution in [0, 0.1) is 0 Å². The van der Waals surface area contributed by atoms with Crippen LogP contribution in [0.2, 0.25) is 0 Å². The highest BCUT2D eigenvalue weighted by molar-refractivity contribution is 5.97. The van der Waals surface area contributed by atoms with Crippen molar-refractivity contribution in [2.24, 2.45) is 0 Å². The summed E-state index contributed by atoms with van der Waals surface area (Å²) in [6, 6.07) is 18.0. The second-order valence-electron chi connectivity index (χ2n) is 8.06. The maximum Gasteiger partial charge on any atom is 0.253 e. The zero-order valence-corrected chi connectivity index (χ0v) is 15.5. The third-order valence-electron chi connectivity index (χ3n) is 6.84. The SMILES string of the molecule is O=C1CCC2(c3ccccc3)C(=O)N3CCc4c([nH]c5ccccc45)C3CN12. The summed E-state index contributed by atoms with van der Waals surface area (Å²) < 4.78 is 0. The van der Waals surface area contributed by atoms with Gasteiger partial charge in [0.2, 0.25) is 5.91 Å². The first-order valence-corrected chi connectivity index (χ1v) is 9.97. The summed E-state index contributed by atoms with van der Waals surface area (Å²) in [5, 5.41) is 1.23. The Balaban J connectivity index is 1.51. The van der Waals surface area contributed by atoms with Crippen LogP contribution in [0.5, 0.6) is 0 Å². The molecule has 3 aromatic rings. The Morgan fingerprint density at radius 1 is 0.964 bits per heavy atom. The van der Waals surface area contributed by atoms with Crippen molar-refractivity contribution in [2.45, 2.75) is 30.8 Å². The van der Waals surface area contributed by atoms with Gasteiger partial charge in [-0.2, -0.15) is 0 Å². The number of hydrogen-bond donors (Lipinski definition) is 1. The van der Waals surface area contributed by atoms with Gasteiger partial charge >= 0.3 is 0 Å². The van der Waals surface area contributed by atoms with Gasteiger partial charge in [-0.3, -0.25) is 9.59 Å². The van der Waals surface area contributed by atoms with E-state index < -0.39 is 5.54 Å². The minimum absolute atomic E-state index is 0.0742. The van der Waals surface area contributed by atoms with Crippen molar-refractivity contribution in [3.63, 3.8) is 0 Å². The summed E-state index contributed by atoms with van der Waals surface area (Å²) in [5.74, 6) is 0.158. The molecule has 2 aromatic carbocycles. The Kier molecular flexibility index (Phi) is 3.11. The first kappa shape index (κ1) is 15.9. The number of carbonyl (C=O) groups is 2. The van der Waals surface area contributed by atoms with Gasteiger partial charge in [0.15, 0.2) is 0 Å². The molecule has 0 radical (unpaired) electrons. The van der Waals surface area contributed by atoms with Gasteiger partial charge in [0.05, 0.1) is 6.04 Å². The fourth-order valence-corrected chi connectivity index (χ4v) is 5.55. The summed E-state index contributed by atoms with van der Waals surface area (Å²) in [5.41, 5.74) is 3.60. The number of rotatable bonds is 1. The number of nitrogens with one attached hydrogen (secondary N) is 1. The van der Waals surface area contributed by atoms with Gasteiger partial charge in [-0.25, -0.2) is 0 Å². The zero-order valence-electron chi connectivity index (χ0n) is 15.5. The number of fused-ring (bicyclic) bond motifs is 6. The third-order valence-corrected chi connectivity index (χ3v) is 6.84. The summed E-state index contributed by atoms with van der Waals surface area (Å²) >= 11 is 0. The number of para-hydroxylation sites is 1. The molecule has 0 saturated carbocycles. The predicted octanol–water partition coefficient (Wildman–Crippen LogP) is 3.13. The van der Waals surface area contributed by atoms with Crippen molar-refractivity contribution in [1.82, 2.24) is 14.8 Å². The molecule has 140 valence electrons. The minimum Gasteiger partial charge on any atom is -0.356 e. The minimum atomic E-state index is -0.835. The van der Waals surface area contributed by atoms with E-state index in [9.17, 15) is 9.59 Å². The summed E-state index contributed by atoms with van der Waals surface area (Å²) in [6.45, 7) is 1.26. The van der Waals surface area contributed by atoms with Crippen molar-refractivity contribution < 1.29 is 9.59 Å². The average molecular weight is 371 g/mol. The van der Waals surface area contributed by atoms with Gasteiger partial charge in [0.1, 0.15) is 5.54 Å². The second-order valence-corrected chi connectivity index (χ2v) is 8.06.